The summed E-state index contributed by atoms with van der Waals surface area (Å²) < 4.78 is 1.97. The molecule has 1 aromatic heterocycles. The Bertz CT molecular complexity index is 653. The predicted octanol–water partition coefficient (Wildman–Crippen LogP) is 3.54. The molecule has 4 heteroatoms. The smallest absolute Gasteiger partial charge is 0.147 e. The van der Waals surface area contributed by atoms with Crippen LogP contribution in [0.3, 0.4) is 0 Å². The van der Waals surface area contributed by atoms with Crippen molar-refractivity contribution in [1.29, 1.82) is 5.26 Å². The lowest BCUT2D eigenvalue weighted by Crippen LogP contribution is -2.27. The third kappa shape index (κ3) is 2.69. The van der Waals surface area contributed by atoms with Crippen LogP contribution in [0.25, 0.3) is 0 Å². The van der Waals surface area contributed by atoms with Crippen LogP contribution in [-0.2, 0) is 0 Å². The van der Waals surface area contributed by atoms with Gasteiger partial charge < -0.3 is 0 Å². The number of nitrogens with zero attached hydrogens (tertiary/aromatic N) is 4. The minimum absolute atomic E-state index is 0.0322. The summed E-state index contributed by atoms with van der Waals surface area (Å²) in [5.74, 6) is 2.23. The van der Waals surface area contributed by atoms with E-state index in [0.29, 0.717) is 5.92 Å². The van der Waals surface area contributed by atoms with Crippen molar-refractivity contribution in [3.8, 4) is 6.07 Å². The summed E-state index contributed by atoms with van der Waals surface area (Å²) in [4.78, 5) is 4.40. The first kappa shape index (κ1) is 13.8. The lowest BCUT2D eigenvalue weighted by Gasteiger charge is -2.33. The van der Waals surface area contributed by atoms with Gasteiger partial charge in [0.1, 0.15) is 11.6 Å². The zero-order chi connectivity index (χ0) is 14.8. The Kier molecular flexibility index (Phi) is 3.74. The quantitative estimate of drug-likeness (QED) is 0.845. The fourth-order valence-electron chi connectivity index (χ4n) is 3.45. The van der Waals surface area contributed by atoms with Gasteiger partial charge in [0.2, 0.25) is 0 Å². The van der Waals surface area contributed by atoms with E-state index < -0.39 is 0 Å². The molecule has 0 radical (unpaired) electrons. The van der Waals surface area contributed by atoms with Gasteiger partial charge in [0.15, 0.2) is 0 Å². The van der Waals surface area contributed by atoms with Crippen molar-refractivity contribution in [2.75, 3.05) is 0 Å². The molecular weight excluding hydrogens is 260 g/mol. The van der Waals surface area contributed by atoms with Crippen LogP contribution in [0.15, 0.2) is 30.3 Å². The molecule has 1 aromatic carbocycles. The largest absolute Gasteiger partial charge is 0.246 e. The number of benzene rings is 1. The van der Waals surface area contributed by atoms with E-state index >= 15 is 0 Å². The molecule has 1 saturated carbocycles. The molecule has 3 rings (SSSR count). The highest BCUT2D eigenvalue weighted by molar-refractivity contribution is 5.21. The molecular formula is C17H20N4. The van der Waals surface area contributed by atoms with Gasteiger partial charge in [-0.1, -0.05) is 30.3 Å². The van der Waals surface area contributed by atoms with E-state index in [4.69, 9.17) is 0 Å². The summed E-state index contributed by atoms with van der Waals surface area (Å²) >= 11 is 0. The monoisotopic (exact) mass is 280 g/mol. The minimum atomic E-state index is 0.0322. The average molecular weight is 280 g/mol. The fraction of sp³-hybridized carbons (Fsp3) is 0.471. The maximum absolute atomic E-state index is 9.47. The van der Waals surface area contributed by atoms with E-state index in [-0.39, 0.29) is 12.0 Å². The molecule has 0 spiro atoms. The van der Waals surface area contributed by atoms with E-state index in [9.17, 15) is 5.26 Å². The fourth-order valence-corrected chi connectivity index (χ4v) is 3.45. The Morgan fingerprint density at radius 3 is 2.57 bits per heavy atom. The first-order valence-corrected chi connectivity index (χ1v) is 7.53. The molecule has 0 aliphatic heterocycles. The van der Waals surface area contributed by atoms with Gasteiger partial charge in [0.25, 0.3) is 0 Å². The van der Waals surface area contributed by atoms with Crippen LogP contribution >= 0.6 is 0 Å². The summed E-state index contributed by atoms with van der Waals surface area (Å²) in [6.07, 6.45) is 2.97. The van der Waals surface area contributed by atoms with Crippen LogP contribution in [0.5, 0.6) is 0 Å². The van der Waals surface area contributed by atoms with E-state index in [1.54, 1.807) is 0 Å². The van der Waals surface area contributed by atoms with Crippen molar-refractivity contribution in [2.24, 2.45) is 5.92 Å². The number of hydrogen-bond acceptors (Lipinski definition) is 3. The Morgan fingerprint density at radius 2 is 1.95 bits per heavy atom. The van der Waals surface area contributed by atoms with Gasteiger partial charge in [-0.25, -0.2) is 9.67 Å². The van der Waals surface area contributed by atoms with Crippen molar-refractivity contribution in [1.82, 2.24) is 14.8 Å². The van der Waals surface area contributed by atoms with Crippen LogP contribution in [-0.4, -0.2) is 14.8 Å². The Balaban J connectivity index is 1.89. The highest BCUT2D eigenvalue weighted by atomic mass is 15.4. The summed E-state index contributed by atoms with van der Waals surface area (Å²) in [6.45, 7) is 3.88. The summed E-state index contributed by atoms with van der Waals surface area (Å²) in [5.41, 5.74) is 1.37. The van der Waals surface area contributed by atoms with Crippen molar-refractivity contribution < 1.29 is 0 Å². The van der Waals surface area contributed by atoms with Crippen LogP contribution in [0.4, 0.5) is 0 Å². The first-order chi connectivity index (χ1) is 10.2. The van der Waals surface area contributed by atoms with Gasteiger partial charge in [-0.3, -0.25) is 0 Å². The van der Waals surface area contributed by atoms with Crippen molar-refractivity contribution in [3.05, 3.63) is 47.5 Å². The van der Waals surface area contributed by atoms with Crippen LogP contribution in [0.1, 0.15) is 48.4 Å². The van der Waals surface area contributed by atoms with Gasteiger partial charge in [-0.05, 0) is 44.6 Å². The summed E-state index contributed by atoms with van der Waals surface area (Å²) in [7, 11) is 0. The Hall–Kier alpha value is -2.15. The van der Waals surface area contributed by atoms with E-state index in [1.165, 1.54) is 5.56 Å². The van der Waals surface area contributed by atoms with Gasteiger partial charge >= 0.3 is 0 Å². The standard InChI is InChI=1S/C17H20N4/c1-12-19-13(2)21(20-12)17-10-15(8-9-16(17)11-18)14-6-4-3-5-7-14/h3-7,15-17H,8-10H2,1-2H3. The zero-order valence-electron chi connectivity index (χ0n) is 12.5. The molecule has 21 heavy (non-hydrogen) atoms. The highest BCUT2D eigenvalue weighted by Gasteiger charge is 2.34. The Morgan fingerprint density at radius 1 is 1.19 bits per heavy atom. The number of aromatic nitrogens is 3. The van der Waals surface area contributed by atoms with Gasteiger partial charge in [0, 0.05) is 0 Å². The SMILES string of the molecule is Cc1nc(C)n(C2CC(c3ccccc3)CCC2C#N)n1. The molecule has 3 atom stereocenters. The second-order valence-corrected chi connectivity index (χ2v) is 5.87. The second kappa shape index (κ2) is 5.69. The lowest BCUT2D eigenvalue weighted by atomic mass is 9.76. The summed E-state index contributed by atoms with van der Waals surface area (Å²) in [6, 6.07) is 13.2. The van der Waals surface area contributed by atoms with Crippen molar-refractivity contribution >= 4 is 0 Å². The molecule has 108 valence electrons. The number of hydrogen-bond donors (Lipinski definition) is 0. The molecule has 0 amide bonds. The molecule has 1 aliphatic carbocycles. The predicted molar refractivity (Wildman–Crippen MR) is 80.7 cm³/mol. The normalized spacial score (nSPS) is 25.5. The molecule has 1 aliphatic rings. The van der Waals surface area contributed by atoms with E-state index in [1.807, 2.05) is 24.6 Å². The highest BCUT2D eigenvalue weighted by Crippen LogP contribution is 2.41. The molecule has 0 saturated heterocycles. The summed E-state index contributed by atoms with van der Waals surface area (Å²) in [5, 5.41) is 14.0. The topological polar surface area (TPSA) is 54.5 Å². The third-order valence-electron chi connectivity index (χ3n) is 4.48. The van der Waals surface area contributed by atoms with Gasteiger partial charge in [0.05, 0.1) is 18.0 Å². The maximum atomic E-state index is 9.47. The molecule has 1 heterocycles. The van der Waals surface area contributed by atoms with Crippen LogP contribution < -0.4 is 0 Å². The second-order valence-electron chi connectivity index (χ2n) is 5.87. The zero-order valence-corrected chi connectivity index (χ0v) is 12.5. The first-order valence-electron chi connectivity index (χ1n) is 7.53. The van der Waals surface area contributed by atoms with Crippen LogP contribution in [0.2, 0.25) is 0 Å². The molecule has 0 N–H and O–H groups in total. The van der Waals surface area contributed by atoms with Crippen molar-refractivity contribution in [2.45, 2.75) is 45.1 Å². The number of nitriles is 1. The Labute approximate surface area is 125 Å². The van der Waals surface area contributed by atoms with E-state index in [2.05, 4.69) is 40.4 Å². The van der Waals surface area contributed by atoms with E-state index in [0.717, 1.165) is 30.9 Å². The number of aryl methyl sites for hydroxylation is 2. The molecule has 0 bridgehead atoms. The number of rotatable bonds is 2. The van der Waals surface area contributed by atoms with Crippen molar-refractivity contribution in [3.63, 3.8) is 0 Å². The minimum Gasteiger partial charge on any atom is -0.246 e. The van der Waals surface area contributed by atoms with Crippen LogP contribution in [0, 0.1) is 31.1 Å². The molecule has 1 fully saturated rings. The maximum Gasteiger partial charge on any atom is 0.147 e. The lowest BCUT2D eigenvalue weighted by molar-refractivity contribution is 0.242. The third-order valence-corrected chi connectivity index (χ3v) is 4.48. The molecule has 4 nitrogen and oxygen atoms in total. The van der Waals surface area contributed by atoms with Gasteiger partial charge in [-0.15, -0.1) is 0 Å². The molecule has 2 aromatic rings. The van der Waals surface area contributed by atoms with Gasteiger partial charge in [-0.2, -0.15) is 10.4 Å². The molecule has 3 unspecified atom stereocenters. The average Bonchev–Trinajstić information content (AvgIpc) is 2.86.